The lowest BCUT2D eigenvalue weighted by molar-refractivity contribution is -0.142. The molecule has 0 bridgehead atoms. The molecule has 2 atom stereocenters. The van der Waals surface area contributed by atoms with E-state index in [1.807, 2.05) is 13.8 Å². The molecule has 7 nitrogen and oxygen atoms in total. The Hall–Kier alpha value is -1.64. The van der Waals surface area contributed by atoms with Gasteiger partial charge in [-0.1, -0.05) is 13.3 Å². The minimum atomic E-state index is -3.56. The highest BCUT2D eigenvalue weighted by atomic mass is 32.2. The number of hydrogen-bond donors (Lipinski definition) is 1. The number of nitrogens with zero attached hydrogens (tertiary/aromatic N) is 1. The first-order chi connectivity index (χ1) is 12.3. The molecule has 0 aliphatic carbocycles. The molecule has 146 valence electrons. The maximum Gasteiger partial charge on any atom is 0.263 e. The quantitative estimate of drug-likeness (QED) is 0.738. The molecule has 0 spiro atoms. The number of benzene rings is 1. The maximum atomic E-state index is 12.4. The van der Waals surface area contributed by atoms with Crippen LogP contribution < -0.4 is 9.46 Å². The molecule has 1 heterocycles. The third kappa shape index (κ3) is 5.69. The summed E-state index contributed by atoms with van der Waals surface area (Å²) in [5.74, 6) is 0.361. The van der Waals surface area contributed by atoms with Gasteiger partial charge in [-0.2, -0.15) is 0 Å². The molecule has 0 aromatic heterocycles. The van der Waals surface area contributed by atoms with Gasteiger partial charge in [0.25, 0.3) is 5.91 Å². The van der Waals surface area contributed by atoms with Crippen molar-refractivity contribution in [2.24, 2.45) is 0 Å². The van der Waals surface area contributed by atoms with Crippen LogP contribution in [0.5, 0.6) is 5.75 Å². The van der Waals surface area contributed by atoms with E-state index in [9.17, 15) is 13.2 Å². The van der Waals surface area contributed by atoms with Gasteiger partial charge in [-0.05, 0) is 44.5 Å². The lowest BCUT2D eigenvalue weighted by Gasteiger charge is -2.29. The van der Waals surface area contributed by atoms with E-state index in [2.05, 4.69) is 4.72 Å². The SMILES string of the molecule is CCC[C@H](C)NS(=O)(=O)c1ccc(O[C@H](C)C(=O)N2CCOCC2)cc1. The zero-order chi connectivity index (χ0) is 19.2. The Morgan fingerprint density at radius 3 is 2.42 bits per heavy atom. The van der Waals surface area contributed by atoms with Gasteiger partial charge >= 0.3 is 0 Å². The molecular weight excluding hydrogens is 356 g/mol. The molecule has 1 fully saturated rings. The number of rotatable bonds is 8. The molecule has 26 heavy (non-hydrogen) atoms. The summed E-state index contributed by atoms with van der Waals surface area (Å²) >= 11 is 0. The normalized spacial score (nSPS) is 17.6. The summed E-state index contributed by atoms with van der Waals surface area (Å²) in [5.41, 5.74) is 0. The van der Waals surface area contributed by atoms with Crippen molar-refractivity contribution >= 4 is 15.9 Å². The van der Waals surface area contributed by atoms with Gasteiger partial charge in [-0.15, -0.1) is 0 Å². The number of morpholine rings is 1. The van der Waals surface area contributed by atoms with Gasteiger partial charge < -0.3 is 14.4 Å². The van der Waals surface area contributed by atoms with Crippen LogP contribution >= 0.6 is 0 Å². The Labute approximate surface area is 155 Å². The fraction of sp³-hybridized carbons (Fsp3) is 0.611. The molecule has 1 aliphatic heterocycles. The van der Waals surface area contributed by atoms with E-state index >= 15 is 0 Å². The molecule has 1 aromatic carbocycles. The monoisotopic (exact) mass is 384 g/mol. The largest absolute Gasteiger partial charge is 0.481 e. The Morgan fingerprint density at radius 2 is 1.85 bits per heavy atom. The van der Waals surface area contributed by atoms with Crippen LogP contribution in [0.1, 0.15) is 33.6 Å². The summed E-state index contributed by atoms with van der Waals surface area (Å²) in [6.45, 7) is 7.74. The van der Waals surface area contributed by atoms with E-state index in [4.69, 9.17) is 9.47 Å². The smallest absolute Gasteiger partial charge is 0.263 e. The third-order valence-corrected chi connectivity index (χ3v) is 5.80. The molecule has 2 rings (SSSR count). The zero-order valence-corrected chi connectivity index (χ0v) is 16.4. The van der Waals surface area contributed by atoms with Gasteiger partial charge in [0, 0.05) is 19.1 Å². The van der Waals surface area contributed by atoms with Crippen molar-refractivity contribution in [2.75, 3.05) is 26.3 Å². The number of ether oxygens (including phenoxy) is 2. The summed E-state index contributed by atoms with van der Waals surface area (Å²) in [7, 11) is -3.56. The van der Waals surface area contributed by atoms with Crippen molar-refractivity contribution in [3.8, 4) is 5.75 Å². The standard InChI is InChI=1S/C18H28N2O5S/c1-4-5-14(2)19-26(22,23)17-8-6-16(7-9-17)25-15(3)18(21)20-10-12-24-13-11-20/h6-9,14-15,19H,4-5,10-13H2,1-3H3/t14-,15+/m0/s1. The summed E-state index contributed by atoms with van der Waals surface area (Å²) in [4.78, 5) is 14.2. The highest BCUT2D eigenvalue weighted by Crippen LogP contribution is 2.18. The molecule has 1 aromatic rings. The Bertz CT molecular complexity index is 684. The first-order valence-corrected chi connectivity index (χ1v) is 10.5. The van der Waals surface area contributed by atoms with Crippen LogP contribution in [0.4, 0.5) is 0 Å². The number of sulfonamides is 1. The van der Waals surface area contributed by atoms with Gasteiger partial charge in [0.05, 0.1) is 18.1 Å². The minimum Gasteiger partial charge on any atom is -0.481 e. The van der Waals surface area contributed by atoms with Crippen molar-refractivity contribution in [3.63, 3.8) is 0 Å². The van der Waals surface area contributed by atoms with Crippen LogP contribution in [-0.4, -0.2) is 57.7 Å². The first kappa shape index (κ1) is 20.7. The molecule has 0 saturated carbocycles. The van der Waals surface area contributed by atoms with Crippen molar-refractivity contribution in [1.29, 1.82) is 0 Å². The van der Waals surface area contributed by atoms with E-state index in [-0.39, 0.29) is 16.8 Å². The van der Waals surface area contributed by atoms with Crippen molar-refractivity contribution < 1.29 is 22.7 Å². The average Bonchev–Trinajstić information content (AvgIpc) is 2.62. The van der Waals surface area contributed by atoms with Gasteiger partial charge in [0.1, 0.15) is 5.75 Å². The van der Waals surface area contributed by atoms with E-state index in [0.717, 1.165) is 12.8 Å². The third-order valence-electron chi connectivity index (χ3n) is 4.20. The summed E-state index contributed by atoms with van der Waals surface area (Å²) < 4.78 is 38.2. The van der Waals surface area contributed by atoms with E-state index in [1.54, 1.807) is 24.0 Å². The summed E-state index contributed by atoms with van der Waals surface area (Å²) in [6, 6.07) is 6.00. The molecule has 1 amide bonds. The van der Waals surface area contributed by atoms with Crippen molar-refractivity contribution in [2.45, 2.75) is 50.7 Å². The first-order valence-electron chi connectivity index (χ1n) is 8.99. The number of hydrogen-bond acceptors (Lipinski definition) is 5. The fourth-order valence-electron chi connectivity index (χ4n) is 2.82. The van der Waals surface area contributed by atoms with Gasteiger partial charge in [-0.25, -0.2) is 13.1 Å². The topological polar surface area (TPSA) is 84.9 Å². The fourth-order valence-corrected chi connectivity index (χ4v) is 4.10. The second-order valence-corrected chi connectivity index (χ2v) is 8.19. The highest BCUT2D eigenvalue weighted by Gasteiger charge is 2.24. The summed E-state index contributed by atoms with van der Waals surface area (Å²) in [5, 5.41) is 0. The van der Waals surface area contributed by atoms with Crippen molar-refractivity contribution in [1.82, 2.24) is 9.62 Å². The molecular formula is C18H28N2O5S. The Kier molecular flexibility index (Phi) is 7.43. The van der Waals surface area contributed by atoms with Crippen LogP contribution in [0.3, 0.4) is 0 Å². The lowest BCUT2D eigenvalue weighted by atomic mass is 10.2. The predicted octanol–water partition coefficient (Wildman–Crippen LogP) is 1.78. The number of amides is 1. The maximum absolute atomic E-state index is 12.4. The second kappa shape index (κ2) is 9.34. The number of nitrogens with one attached hydrogen (secondary N) is 1. The van der Waals surface area contributed by atoms with Crippen LogP contribution in [0.15, 0.2) is 29.2 Å². The van der Waals surface area contributed by atoms with Gasteiger partial charge in [-0.3, -0.25) is 4.79 Å². The van der Waals surface area contributed by atoms with Crippen LogP contribution in [-0.2, 0) is 19.6 Å². The molecule has 8 heteroatoms. The van der Waals surface area contributed by atoms with E-state index in [0.29, 0.717) is 32.1 Å². The van der Waals surface area contributed by atoms with Gasteiger partial charge in [0.2, 0.25) is 10.0 Å². The van der Waals surface area contributed by atoms with Crippen molar-refractivity contribution in [3.05, 3.63) is 24.3 Å². The average molecular weight is 384 g/mol. The second-order valence-electron chi connectivity index (χ2n) is 6.48. The minimum absolute atomic E-state index is 0.0972. The predicted molar refractivity (Wildman–Crippen MR) is 98.6 cm³/mol. The molecule has 0 radical (unpaired) electrons. The summed E-state index contributed by atoms with van der Waals surface area (Å²) in [6.07, 6.45) is 1.05. The zero-order valence-electron chi connectivity index (χ0n) is 15.6. The van der Waals surface area contributed by atoms with Crippen LogP contribution in [0.2, 0.25) is 0 Å². The molecule has 1 N–H and O–H groups in total. The molecule has 0 unspecified atom stereocenters. The van der Waals surface area contributed by atoms with Gasteiger partial charge in [0.15, 0.2) is 6.10 Å². The Balaban J connectivity index is 1.97. The van der Waals surface area contributed by atoms with Crippen LogP contribution in [0, 0.1) is 0 Å². The highest BCUT2D eigenvalue weighted by molar-refractivity contribution is 7.89. The lowest BCUT2D eigenvalue weighted by Crippen LogP contribution is -2.46. The van der Waals surface area contributed by atoms with Crippen LogP contribution in [0.25, 0.3) is 0 Å². The van der Waals surface area contributed by atoms with E-state index in [1.165, 1.54) is 12.1 Å². The molecule has 1 aliphatic rings. The Morgan fingerprint density at radius 1 is 1.23 bits per heavy atom. The van der Waals surface area contributed by atoms with E-state index < -0.39 is 16.1 Å². The number of carbonyl (C=O) groups is 1. The number of carbonyl (C=O) groups excluding carboxylic acids is 1. The molecule has 1 saturated heterocycles.